The summed E-state index contributed by atoms with van der Waals surface area (Å²) in [5.74, 6) is 0.490. The van der Waals surface area contributed by atoms with Crippen molar-refractivity contribution in [3.63, 3.8) is 0 Å². The zero-order valence-corrected chi connectivity index (χ0v) is 17.3. The number of aryl methyl sites for hydroxylation is 1. The Kier molecular flexibility index (Phi) is 5.79. The van der Waals surface area contributed by atoms with Gasteiger partial charge >= 0.3 is 6.03 Å². The van der Waals surface area contributed by atoms with E-state index in [9.17, 15) is 14.4 Å². The summed E-state index contributed by atoms with van der Waals surface area (Å²) in [6.07, 6.45) is 1.90. The second-order valence-corrected chi connectivity index (χ2v) is 7.96. The van der Waals surface area contributed by atoms with Gasteiger partial charge in [0, 0.05) is 13.0 Å². The van der Waals surface area contributed by atoms with Gasteiger partial charge in [-0.15, -0.1) is 0 Å². The Balaban J connectivity index is 1.29. The molecule has 0 saturated carbocycles. The van der Waals surface area contributed by atoms with Gasteiger partial charge in [0.05, 0.1) is 0 Å². The van der Waals surface area contributed by atoms with Crippen LogP contribution in [0.5, 0.6) is 11.5 Å². The van der Waals surface area contributed by atoms with Crippen LogP contribution in [0.2, 0.25) is 0 Å². The third kappa shape index (κ3) is 4.63. The van der Waals surface area contributed by atoms with Crippen LogP contribution in [0.3, 0.4) is 0 Å². The van der Waals surface area contributed by atoms with Crippen LogP contribution in [0.25, 0.3) is 0 Å². The number of fused-ring (bicyclic) bond motifs is 1. The molecule has 2 aliphatic heterocycles. The number of ether oxygens (including phenoxy) is 2. The zero-order valence-electron chi connectivity index (χ0n) is 17.3. The first-order valence-corrected chi connectivity index (χ1v) is 10.3. The van der Waals surface area contributed by atoms with E-state index in [-0.39, 0.29) is 25.7 Å². The van der Waals surface area contributed by atoms with Crippen LogP contribution < -0.4 is 20.1 Å². The maximum absolute atomic E-state index is 12.9. The second kappa shape index (κ2) is 8.67. The van der Waals surface area contributed by atoms with Crippen LogP contribution in [0, 0.1) is 0 Å². The number of rotatable bonds is 8. The number of hydrogen-bond acceptors (Lipinski definition) is 5. The topological polar surface area (TPSA) is 97.0 Å². The number of amides is 4. The minimum Gasteiger partial charge on any atom is -0.454 e. The SMILES string of the molecule is C[C@@]1(Cc2ccc3c(c2)OCO3)NC(=O)N(CC(=O)NCCCc2ccccc2)C1=O. The summed E-state index contributed by atoms with van der Waals surface area (Å²) in [7, 11) is 0. The van der Waals surface area contributed by atoms with Gasteiger partial charge in [-0.25, -0.2) is 4.79 Å². The molecule has 1 fully saturated rings. The molecule has 162 valence electrons. The van der Waals surface area contributed by atoms with Gasteiger partial charge in [0.15, 0.2) is 11.5 Å². The second-order valence-electron chi connectivity index (χ2n) is 7.96. The lowest BCUT2D eigenvalue weighted by molar-refractivity contribution is -0.134. The molecule has 2 aliphatic rings. The molecule has 0 spiro atoms. The van der Waals surface area contributed by atoms with Crippen LogP contribution in [0.4, 0.5) is 4.79 Å². The number of carbonyl (C=O) groups excluding carboxylic acids is 3. The molecule has 1 saturated heterocycles. The van der Waals surface area contributed by atoms with E-state index in [1.165, 1.54) is 5.56 Å². The highest BCUT2D eigenvalue weighted by atomic mass is 16.7. The van der Waals surface area contributed by atoms with Crippen molar-refractivity contribution in [2.75, 3.05) is 19.9 Å². The van der Waals surface area contributed by atoms with Crippen LogP contribution in [0.15, 0.2) is 48.5 Å². The normalized spacial score (nSPS) is 19.5. The molecule has 0 radical (unpaired) electrons. The lowest BCUT2D eigenvalue weighted by atomic mass is 9.92. The first-order chi connectivity index (χ1) is 14.9. The molecular weight excluding hydrogens is 398 g/mol. The molecular formula is C23H25N3O5. The van der Waals surface area contributed by atoms with E-state index in [1.807, 2.05) is 36.4 Å². The third-order valence-corrected chi connectivity index (χ3v) is 5.45. The molecule has 2 aromatic rings. The van der Waals surface area contributed by atoms with Crippen LogP contribution in [0.1, 0.15) is 24.5 Å². The van der Waals surface area contributed by atoms with Gasteiger partial charge < -0.3 is 20.1 Å². The number of nitrogens with zero attached hydrogens (tertiary/aromatic N) is 1. The summed E-state index contributed by atoms with van der Waals surface area (Å²) in [6.45, 7) is 2.01. The van der Waals surface area contributed by atoms with Crippen molar-refractivity contribution in [2.24, 2.45) is 0 Å². The van der Waals surface area contributed by atoms with E-state index in [0.29, 0.717) is 18.0 Å². The summed E-state index contributed by atoms with van der Waals surface area (Å²) in [4.78, 5) is 38.6. The molecule has 0 aromatic heterocycles. The van der Waals surface area contributed by atoms with Gasteiger partial charge in [-0.05, 0) is 43.0 Å². The number of carbonyl (C=O) groups is 3. The monoisotopic (exact) mass is 423 g/mol. The number of urea groups is 1. The molecule has 0 bridgehead atoms. The quantitative estimate of drug-likeness (QED) is 0.500. The molecule has 2 N–H and O–H groups in total. The molecule has 8 heteroatoms. The highest BCUT2D eigenvalue weighted by molar-refractivity contribution is 6.08. The van der Waals surface area contributed by atoms with E-state index in [0.717, 1.165) is 23.3 Å². The number of imide groups is 1. The van der Waals surface area contributed by atoms with E-state index < -0.39 is 17.5 Å². The Hall–Kier alpha value is -3.55. The highest BCUT2D eigenvalue weighted by Crippen LogP contribution is 2.34. The van der Waals surface area contributed by atoms with E-state index >= 15 is 0 Å². The number of benzene rings is 2. The standard InChI is InChI=1S/C23H25N3O5/c1-23(13-17-9-10-18-19(12-17)31-15-30-18)21(28)26(22(29)25-23)14-20(27)24-11-5-8-16-6-3-2-4-7-16/h2-4,6-7,9-10,12H,5,8,11,13-15H2,1H3,(H,24,27)(H,25,29)/t23-/m0/s1. The summed E-state index contributed by atoms with van der Waals surface area (Å²) in [5, 5.41) is 5.51. The van der Waals surface area contributed by atoms with Gasteiger partial charge in [0.25, 0.3) is 5.91 Å². The minimum absolute atomic E-state index is 0.167. The van der Waals surface area contributed by atoms with Crippen molar-refractivity contribution in [3.8, 4) is 11.5 Å². The molecule has 4 rings (SSSR count). The molecule has 2 heterocycles. The van der Waals surface area contributed by atoms with Crippen molar-refractivity contribution in [1.82, 2.24) is 15.5 Å². The number of hydrogen-bond donors (Lipinski definition) is 2. The van der Waals surface area contributed by atoms with Crippen LogP contribution >= 0.6 is 0 Å². The van der Waals surface area contributed by atoms with Crippen molar-refractivity contribution in [2.45, 2.75) is 31.7 Å². The lowest BCUT2D eigenvalue weighted by Gasteiger charge is -2.22. The predicted molar refractivity (Wildman–Crippen MR) is 113 cm³/mol. The smallest absolute Gasteiger partial charge is 0.325 e. The summed E-state index contributed by atoms with van der Waals surface area (Å²) >= 11 is 0. The van der Waals surface area contributed by atoms with Crippen LogP contribution in [-0.4, -0.2) is 48.2 Å². The zero-order chi connectivity index (χ0) is 21.8. The average molecular weight is 423 g/mol. The molecule has 8 nitrogen and oxygen atoms in total. The molecule has 4 amide bonds. The van der Waals surface area contributed by atoms with E-state index in [1.54, 1.807) is 19.1 Å². The van der Waals surface area contributed by atoms with Gasteiger partial charge in [0.2, 0.25) is 12.7 Å². The first-order valence-electron chi connectivity index (χ1n) is 10.3. The summed E-state index contributed by atoms with van der Waals surface area (Å²) in [6, 6.07) is 14.8. The highest BCUT2D eigenvalue weighted by Gasteiger charge is 2.48. The van der Waals surface area contributed by atoms with Gasteiger partial charge in [-0.1, -0.05) is 36.4 Å². The predicted octanol–water partition coefficient (Wildman–Crippen LogP) is 2.02. The first kappa shape index (κ1) is 20.7. The fourth-order valence-electron chi connectivity index (χ4n) is 3.83. The van der Waals surface area contributed by atoms with Crippen molar-refractivity contribution < 1.29 is 23.9 Å². The Morgan fingerprint density at radius 2 is 1.87 bits per heavy atom. The molecule has 0 unspecified atom stereocenters. The third-order valence-electron chi connectivity index (χ3n) is 5.45. The minimum atomic E-state index is -1.13. The molecule has 31 heavy (non-hydrogen) atoms. The number of nitrogens with one attached hydrogen (secondary N) is 2. The van der Waals surface area contributed by atoms with Crippen molar-refractivity contribution in [1.29, 1.82) is 0 Å². The van der Waals surface area contributed by atoms with Crippen molar-refractivity contribution in [3.05, 3.63) is 59.7 Å². The van der Waals surface area contributed by atoms with Gasteiger partial charge in [-0.3, -0.25) is 14.5 Å². The Labute approximate surface area is 180 Å². The summed E-state index contributed by atoms with van der Waals surface area (Å²) < 4.78 is 10.7. The molecule has 0 aliphatic carbocycles. The van der Waals surface area contributed by atoms with Gasteiger partial charge in [0.1, 0.15) is 12.1 Å². The van der Waals surface area contributed by atoms with Crippen LogP contribution in [-0.2, 0) is 22.4 Å². The average Bonchev–Trinajstić information content (AvgIpc) is 3.30. The summed E-state index contributed by atoms with van der Waals surface area (Å²) in [5.41, 5.74) is 0.899. The maximum Gasteiger partial charge on any atom is 0.325 e. The van der Waals surface area contributed by atoms with Gasteiger partial charge in [-0.2, -0.15) is 0 Å². The Morgan fingerprint density at radius 3 is 2.68 bits per heavy atom. The Bertz CT molecular complexity index is 994. The fourth-order valence-corrected chi connectivity index (χ4v) is 3.83. The lowest BCUT2D eigenvalue weighted by Crippen LogP contribution is -2.46. The largest absolute Gasteiger partial charge is 0.454 e. The van der Waals surface area contributed by atoms with E-state index in [4.69, 9.17) is 9.47 Å². The molecule has 1 atom stereocenters. The maximum atomic E-state index is 12.9. The molecule has 2 aromatic carbocycles. The van der Waals surface area contributed by atoms with Crippen molar-refractivity contribution >= 4 is 17.8 Å². The Morgan fingerprint density at radius 1 is 1.10 bits per heavy atom. The van der Waals surface area contributed by atoms with E-state index in [2.05, 4.69) is 10.6 Å². The fraction of sp³-hybridized carbons (Fsp3) is 0.348.